The zero-order valence-electron chi connectivity index (χ0n) is 16.2. The number of unbranched alkanes of at least 4 members (excludes halogenated alkanes) is 6. The lowest BCUT2D eigenvalue weighted by molar-refractivity contribution is 0.607. The van der Waals surface area contributed by atoms with Crippen LogP contribution < -0.4 is 5.32 Å². The van der Waals surface area contributed by atoms with E-state index in [1.807, 2.05) is 0 Å². The monoisotopic (exact) mass is 337 g/mol. The molecule has 0 aliphatic carbocycles. The predicted molar refractivity (Wildman–Crippen MR) is 112 cm³/mol. The molecule has 0 spiro atoms. The summed E-state index contributed by atoms with van der Waals surface area (Å²) in [5.74, 6) is 0. The topological polar surface area (TPSA) is 12.0 Å². The molecule has 0 amide bonds. The Labute approximate surface area is 154 Å². The Hall–Kier alpha value is -1.76. The Morgan fingerprint density at radius 3 is 2.04 bits per heavy atom. The van der Waals surface area contributed by atoms with E-state index in [1.165, 1.54) is 86.7 Å². The summed E-state index contributed by atoms with van der Waals surface area (Å²) < 4.78 is 0. The van der Waals surface area contributed by atoms with Gasteiger partial charge < -0.3 is 5.32 Å². The van der Waals surface area contributed by atoms with Crippen molar-refractivity contribution in [3.05, 3.63) is 59.7 Å². The second-order valence-electron chi connectivity index (χ2n) is 7.14. The van der Waals surface area contributed by atoms with E-state index in [0.717, 1.165) is 0 Å². The van der Waals surface area contributed by atoms with Crippen molar-refractivity contribution in [2.24, 2.45) is 0 Å². The standard InChI is InChI=1S/C24H35N/c1-3-5-7-8-9-10-13-22-14-11-15-24(20-22)25-23-18-16-21(17-19-23)12-6-4-2/h11,14-20,25H,3-10,12-13H2,1-2H3. The fourth-order valence-electron chi connectivity index (χ4n) is 3.22. The van der Waals surface area contributed by atoms with Crippen LogP contribution >= 0.6 is 0 Å². The fourth-order valence-corrected chi connectivity index (χ4v) is 3.22. The minimum atomic E-state index is 1.18. The van der Waals surface area contributed by atoms with Gasteiger partial charge in [0, 0.05) is 11.4 Å². The maximum atomic E-state index is 3.55. The van der Waals surface area contributed by atoms with Crippen molar-refractivity contribution in [2.75, 3.05) is 5.32 Å². The van der Waals surface area contributed by atoms with Gasteiger partial charge in [-0.1, -0.05) is 76.6 Å². The lowest BCUT2D eigenvalue weighted by atomic mass is 10.0. The Morgan fingerprint density at radius 2 is 1.28 bits per heavy atom. The normalized spacial score (nSPS) is 10.8. The first-order valence-electron chi connectivity index (χ1n) is 10.3. The zero-order valence-corrected chi connectivity index (χ0v) is 16.2. The average molecular weight is 338 g/mol. The molecule has 2 aromatic rings. The predicted octanol–water partition coefficient (Wildman–Crippen LogP) is 7.68. The lowest BCUT2D eigenvalue weighted by Crippen LogP contribution is -1.93. The quantitative estimate of drug-likeness (QED) is 0.392. The maximum Gasteiger partial charge on any atom is 0.0386 e. The average Bonchev–Trinajstić information content (AvgIpc) is 2.64. The highest BCUT2D eigenvalue weighted by atomic mass is 14.9. The molecule has 0 fully saturated rings. The van der Waals surface area contributed by atoms with E-state index in [-0.39, 0.29) is 0 Å². The number of hydrogen-bond acceptors (Lipinski definition) is 1. The number of benzene rings is 2. The van der Waals surface area contributed by atoms with Crippen molar-refractivity contribution in [2.45, 2.75) is 78.1 Å². The van der Waals surface area contributed by atoms with Gasteiger partial charge in [-0.05, 0) is 61.1 Å². The fraction of sp³-hybridized carbons (Fsp3) is 0.500. The highest BCUT2D eigenvalue weighted by Crippen LogP contribution is 2.20. The smallest absolute Gasteiger partial charge is 0.0386 e. The molecule has 0 atom stereocenters. The molecule has 25 heavy (non-hydrogen) atoms. The van der Waals surface area contributed by atoms with Crippen LogP contribution in [0.2, 0.25) is 0 Å². The highest BCUT2D eigenvalue weighted by molar-refractivity contribution is 5.60. The first-order chi connectivity index (χ1) is 12.3. The van der Waals surface area contributed by atoms with Gasteiger partial charge in [-0.3, -0.25) is 0 Å². The Kier molecular flexibility index (Phi) is 9.18. The minimum Gasteiger partial charge on any atom is -0.356 e. The SMILES string of the molecule is CCCCCCCCc1cccc(Nc2ccc(CCCC)cc2)c1. The molecule has 0 radical (unpaired) electrons. The highest BCUT2D eigenvalue weighted by Gasteiger charge is 1.99. The van der Waals surface area contributed by atoms with Gasteiger partial charge in [-0.2, -0.15) is 0 Å². The van der Waals surface area contributed by atoms with Crippen LogP contribution in [-0.4, -0.2) is 0 Å². The number of hydrogen-bond donors (Lipinski definition) is 1. The van der Waals surface area contributed by atoms with Crippen LogP contribution in [-0.2, 0) is 12.8 Å². The molecule has 136 valence electrons. The molecule has 1 N–H and O–H groups in total. The molecule has 2 aromatic carbocycles. The second-order valence-corrected chi connectivity index (χ2v) is 7.14. The molecular formula is C24H35N. The van der Waals surface area contributed by atoms with E-state index in [4.69, 9.17) is 0 Å². The summed E-state index contributed by atoms with van der Waals surface area (Å²) in [4.78, 5) is 0. The van der Waals surface area contributed by atoms with Crippen LogP contribution in [0.4, 0.5) is 11.4 Å². The van der Waals surface area contributed by atoms with Gasteiger partial charge in [0.2, 0.25) is 0 Å². The first kappa shape index (κ1) is 19.6. The summed E-state index contributed by atoms with van der Waals surface area (Å²) in [6.45, 7) is 4.52. The Morgan fingerprint density at radius 1 is 0.600 bits per heavy atom. The molecular weight excluding hydrogens is 302 g/mol. The number of rotatable bonds is 12. The van der Waals surface area contributed by atoms with Crippen molar-refractivity contribution >= 4 is 11.4 Å². The molecule has 0 saturated carbocycles. The van der Waals surface area contributed by atoms with Crippen LogP contribution in [0.3, 0.4) is 0 Å². The first-order valence-corrected chi connectivity index (χ1v) is 10.3. The molecule has 1 nitrogen and oxygen atoms in total. The molecule has 0 aliphatic heterocycles. The molecule has 1 heteroatoms. The summed E-state index contributed by atoms with van der Waals surface area (Å²) in [5.41, 5.74) is 5.26. The van der Waals surface area contributed by atoms with Gasteiger partial charge in [0.25, 0.3) is 0 Å². The summed E-state index contributed by atoms with van der Waals surface area (Å²) in [7, 11) is 0. The van der Waals surface area contributed by atoms with Gasteiger partial charge in [0.15, 0.2) is 0 Å². The van der Waals surface area contributed by atoms with Crippen LogP contribution in [0.5, 0.6) is 0 Å². The van der Waals surface area contributed by atoms with Gasteiger partial charge in [-0.25, -0.2) is 0 Å². The van der Waals surface area contributed by atoms with Gasteiger partial charge in [0.1, 0.15) is 0 Å². The lowest BCUT2D eigenvalue weighted by Gasteiger charge is -2.10. The van der Waals surface area contributed by atoms with E-state index in [0.29, 0.717) is 0 Å². The molecule has 0 saturated heterocycles. The van der Waals surface area contributed by atoms with Crippen molar-refractivity contribution in [1.82, 2.24) is 0 Å². The van der Waals surface area contributed by atoms with Crippen molar-refractivity contribution in [3.8, 4) is 0 Å². The minimum absolute atomic E-state index is 1.18. The van der Waals surface area contributed by atoms with Gasteiger partial charge in [0.05, 0.1) is 0 Å². The molecule has 0 bridgehead atoms. The zero-order chi connectivity index (χ0) is 17.7. The van der Waals surface area contributed by atoms with Crippen LogP contribution in [0.1, 0.15) is 76.3 Å². The summed E-state index contributed by atoms with van der Waals surface area (Å²) in [5, 5.41) is 3.55. The van der Waals surface area contributed by atoms with Gasteiger partial charge >= 0.3 is 0 Å². The van der Waals surface area contributed by atoms with E-state index >= 15 is 0 Å². The molecule has 0 aromatic heterocycles. The molecule has 0 unspecified atom stereocenters. The molecule has 0 aliphatic rings. The third-order valence-corrected chi connectivity index (χ3v) is 4.81. The molecule has 0 heterocycles. The third kappa shape index (κ3) is 7.77. The molecule has 2 rings (SSSR count). The second kappa shape index (κ2) is 11.7. The van der Waals surface area contributed by atoms with E-state index in [1.54, 1.807) is 0 Å². The van der Waals surface area contributed by atoms with Crippen molar-refractivity contribution < 1.29 is 0 Å². The van der Waals surface area contributed by atoms with Crippen molar-refractivity contribution in [3.63, 3.8) is 0 Å². The maximum absolute atomic E-state index is 3.55. The number of nitrogens with one attached hydrogen (secondary N) is 1. The summed E-state index contributed by atoms with van der Waals surface area (Å²) >= 11 is 0. The van der Waals surface area contributed by atoms with E-state index in [9.17, 15) is 0 Å². The Bertz CT molecular complexity index is 585. The summed E-state index contributed by atoms with van der Waals surface area (Å²) in [6, 6.07) is 17.8. The van der Waals surface area contributed by atoms with Crippen LogP contribution in [0.15, 0.2) is 48.5 Å². The number of aryl methyl sites for hydroxylation is 2. The van der Waals surface area contributed by atoms with Gasteiger partial charge in [-0.15, -0.1) is 0 Å². The van der Waals surface area contributed by atoms with Crippen LogP contribution in [0, 0.1) is 0 Å². The largest absolute Gasteiger partial charge is 0.356 e. The van der Waals surface area contributed by atoms with Crippen molar-refractivity contribution in [1.29, 1.82) is 0 Å². The Balaban J connectivity index is 1.80. The number of anilines is 2. The van der Waals surface area contributed by atoms with E-state index < -0.39 is 0 Å². The third-order valence-electron chi connectivity index (χ3n) is 4.81. The van der Waals surface area contributed by atoms with E-state index in [2.05, 4.69) is 67.7 Å². The summed E-state index contributed by atoms with van der Waals surface area (Å²) in [6.07, 6.45) is 13.1. The van der Waals surface area contributed by atoms with Crippen LogP contribution in [0.25, 0.3) is 0 Å².